The number of aliphatic hydroxyl groups excluding tert-OH is 1. The Balaban J connectivity index is 2.28. The molecule has 4 unspecified atom stereocenters. The number of nitrogens with one attached hydrogen (secondary N) is 4. The second-order valence-electron chi connectivity index (χ2n) is 8.34. The predicted octanol–water partition coefficient (Wildman–Crippen LogP) is -1.28. The van der Waals surface area contributed by atoms with Gasteiger partial charge in [0.15, 0.2) is 0 Å². The lowest BCUT2D eigenvalue weighted by Gasteiger charge is -2.24. The lowest BCUT2D eigenvalue weighted by molar-refractivity contribution is -0.143. The summed E-state index contributed by atoms with van der Waals surface area (Å²) in [4.78, 5) is 52.7. The van der Waals surface area contributed by atoms with Crippen LogP contribution in [0.4, 0.5) is 0 Å². The van der Waals surface area contributed by atoms with Crippen LogP contribution in [0, 0.1) is 0 Å². The molecule has 2 rings (SSSR count). The molecule has 12 heteroatoms. The number of aliphatic carboxylic acids is 1. The van der Waals surface area contributed by atoms with Crippen LogP contribution in [0.15, 0.2) is 30.5 Å². The maximum Gasteiger partial charge on any atom is 0.328 e. The Morgan fingerprint density at radius 2 is 1.60 bits per heavy atom. The third kappa shape index (κ3) is 8.05. The van der Waals surface area contributed by atoms with Crippen LogP contribution in [0.1, 0.15) is 31.7 Å². The van der Waals surface area contributed by atoms with Gasteiger partial charge in [0.2, 0.25) is 17.7 Å². The molecule has 35 heavy (non-hydrogen) atoms. The predicted molar refractivity (Wildman–Crippen MR) is 129 cm³/mol. The number of para-hydroxylation sites is 1. The van der Waals surface area contributed by atoms with Gasteiger partial charge in [-0.1, -0.05) is 18.2 Å². The van der Waals surface area contributed by atoms with Crippen LogP contribution in [0.25, 0.3) is 10.9 Å². The quantitative estimate of drug-likeness (QED) is 0.149. The van der Waals surface area contributed by atoms with Crippen molar-refractivity contribution in [2.45, 2.75) is 56.8 Å². The molecular weight excluding hydrogens is 456 g/mol. The van der Waals surface area contributed by atoms with Crippen molar-refractivity contribution in [2.75, 3.05) is 13.2 Å². The number of aromatic nitrogens is 1. The number of fused-ring (bicyclic) bond motifs is 1. The van der Waals surface area contributed by atoms with E-state index >= 15 is 0 Å². The number of carbonyl (C=O) groups is 4. The van der Waals surface area contributed by atoms with Crippen molar-refractivity contribution in [2.24, 2.45) is 11.5 Å². The summed E-state index contributed by atoms with van der Waals surface area (Å²) in [6.45, 7) is 1.08. The lowest BCUT2D eigenvalue weighted by atomic mass is 10.0. The molecule has 0 aliphatic rings. The maximum absolute atomic E-state index is 13.1. The van der Waals surface area contributed by atoms with Crippen molar-refractivity contribution in [3.63, 3.8) is 0 Å². The SMILES string of the molecule is CC(N)C(=O)NC(CCCCN)C(=O)NC(Cc1c[nH]c2ccccc12)C(=O)NC(CO)C(=O)O. The molecule has 0 radical (unpaired) electrons. The molecule has 1 heterocycles. The molecule has 192 valence electrons. The van der Waals surface area contributed by atoms with Gasteiger partial charge >= 0.3 is 5.97 Å². The Morgan fingerprint density at radius 1 is 0.971 bits per heavy atom. The zero-order chi connectivity index (χ0) is 26.0. The second-order valence-corrected chi connectivity index (χ2v) is 8.34. The number of H-pyrrole nitrogens is 1. The van der Waals surface area contributed by atoms with Gasteiger partial charge in [-0.25, -0.2) is 4.79 Å². The van der Waals surface area contributed by atoms with Crippen molar-refractivity contribution in [3.8, 4) is 0 Å². The summed E-state index contributed by atoms with van der Waals surface area (Å²) in [5, 5.41) is 26.8. The van der Waals surface area contributed by atoms with Gasteiger partial charge in [-0.15, -0.1) is 0 Å². The highest BCUT2D eigenvalue weighted by atomic mass is 16.4. The highest BCUT2D eigenvalue weighted by Gasteiger charge is 2.30. The monoisotopic (exact) mass is 490 g/mol. The second kappa shape index (κ2) is 13.4. The average molecular weight is 491 g/mol. The summed E-state index contributed by atoms with van der Waals surface area (Å²) in [5.41, 5.74) is 12.7. The first-order chi connectivity index (χ1) is 16.7. The van der Waals surface area contributed by atoms with E-state index in [4.69, 9.17) is 11.5 Å². The van der Waals surface area contributed by atoms with E-state index in [1.807, 2.05) is 24.3 Å². The van der Waals surface area contributed by atoms with Crippen molar-refractivity contribution in [1.29, 1.82) is 0 Å². The number of aromatic amines is 1. The fourth-order valence-electron chi connectivity index (χ4n) is 3.52. The van der Waals surface area contributed by atoms with Crippen molar-refractivity contribution >= 4 is 34.6 Å². The number of carboxylic acids is 1. The summed E-state index contributed by atoms with van der Waals surface area (Å²) in [6, 6.07) is 2.86. The number of rotatable bonds is 14. The van der Waals surface area contributed by atoms with Crippen LogP contribution in [-0.2, 0) is 25.6 Å². The van der Waals surface area contributed by atoms with Crippen molar-refractivity contribution in [1.82, 2.24) is 20.9 Å². The molecule has 0 spiro atoms. The smallest absolute Gasteiger partial charge is 0.328 e. The largest absolute Gasteiger partial charge is 0.480 e. The van der Waals surface area contributed by atoms with Gasteiger partial charge in [-0.2, -0.15) is 0 Å². The first-order valence-electron chi connectivity index (χ1n) is 11.4. The fraction of sp³-hybridized carbons (Fsp3) is 0.478. The van der Waals surface area contributed by atoms with E-state index in [9.17, 15) is 29.4 Å². The Hall–Kier alpha value is -3.48. The van der Waals surface area contributed by atoms with Gasteiger partial charge in [0.25, 0.3) is 0 Å². The Morgan fingerprint density at radius 3 is 2.23 bits per heavy atom. The number of aliphatic hydroxyl groups is 1. The Labute approximate surface area is 202 Å². The number of carbonyl (C=O) groups excluding carboxylic acids is 3. The van der Waals surface area contributed by atoms with E-state index in [0.717, 1.165) is 16.5 Å². The number of carboxylic acid groups (broad SMARTS) is 1. The summed E-state index contributed by atoms with van der Waals surface area (Å²) < 4.78 is 0. The topological polar surface area (TPSA) is 213 Å². The number of amides is 3. The van der Waals surface area contributed by atoms with Crippen LogP contribution < -0.4 is 27.4 Å². The summed E-state index contributed by atoms with van der Waals surface area (Å²) >= 11 is 0. The molecule has 0 saturated carbocycles. The number of hydrogen-bond donors (Lipinski definition) is 8. The highest BCUT2D eigenvalue weighted by molar-refractivity contribution is 5.94. The average Bonchev–Trinajstić information content (AvgIpc) is 3.23. The molecule has 1 aromatic carbocycles. The molecule has 1 aromatic heterocycles. The standard InChI is InChI=1S/C23H34N6O6/c1-13(25)20(31)27-17(8-4-5-9-24)21(32)28-18(22(33)29-19(12-30)23(34)35)10-14-11-26-16-7-3-2-6-15(14)16/h2-3,6-7,11,13,17-19,26,30H,4-5,8-10,12,24-25H2,1H3,(H,27,31)(H,28,32)(H,29,33)(H,34,35). The van der Waals surface area contributed by atoms with Crippen LogP contribution >= 0.6 is 0 Å². The number of unbranched alkanes of at least 4 members (excludes halogenated alkanes) is 1. The van der Waals surface area contributed by atoms with Gasteiger partial charge in [0.1, 0.15) is 18.1 Å². The van der Waals surface area contributed by atoms with Gasteiger partial charge in [0, 0.05) is 23.5 Å². The molecule has 0 saturated heterocycles. The van der Waals surface area contributed by atoms with Gasteiger partial charge in [-0.3, -0.25) is 14.4 Å². The molecule has 0 aliphatic carbocycles. The van der Waals surface area contributed by atoms with E-state index in [2.05, 4.69) is 20.9 Å². The first-order valence-corrected chi connectivity index (χ1v) is 11.4. The van der Waals surface area contributed by atoms with Crippen LogP contribution in [0.5, 0.6) is 0 Å². The molecular formula is C23H34N6O6. The zero-order valence-electron chi connectivity index (χ0n) is 19.6. The Kier molecular flexibility index (Phi) is 10.6. The molecule has 10 N–H and O–H groups in total. The van der Waals surface area contributed by atoms with Gasteiger partial charge in [-0.05, 0) is 44.4 Å². The molecule has 0 bridgehead atoms. The van der Waals surface area contributed by atoms with E-state index in [1.165, 1.54) is 6.92 Å². The molecule has 0 fully saturated rings. The number of nitrogens with two attached hydrogens (primary N) is 2. The lowest BCUT2D eigenvalue weighted by Crippen LogP contribution is -2.57. The van der Waals surface area contributed by atoms with E-state index in [-0.39, 0.29) is 12.8 Å². The minimum atomic E-state index is -1.54. The third-order valence-electron chi connectivity index (χ3n) is 5.52. The van der Waals surface area contributed by atoms with E-state index in [0.29, 0.717) is 19.4 Å². The van der Waals surface area contributed by atoms with Crippen LogP contribution in [-0.4, -0.2) is 76.2 Å². The third-order valence-corrected chi connectivity index (χ3v) is 5.52. The van der Waals surface area contributed by atoms with E-state index in [1.54, 1.807) is 6.20 Å². The molecule has 12 nitrogen and oxygen atoms in total. The zero-order valence-corrected chi connectivity index (χ0v) is 19.6. The first kappa shape index (κ1) is 27.8. The van der Waals surface area contributed by atoms with Crippen LogP contribution in [0.2, 0.25) is 0 Å². The van der Waals surface area contributed by atoms with Gasteiger partial charge < -0.3 is 42.6 Å². The normalized spacial score (nSPS) is 14.5. The van der Waals surface area contributed by atoms with Crippen molar-refractivity contribution < 1.29 is 29.4 Å². The maximum atomic E-state index is 13.1. The summed E-state index contributed by atoms with van der Waals surface area (Å²) in [7, 11) is 0. The molecule has 4 atom stereocenters. The summed E-state index contributed by atoms with van der Waals surface area (Å²) in [6.07, 6.45) is 3.20. The number of hydrogen-bond acceptors (Lipinski definition) is 7. The fourth-order valence-corrected chi connectivity index (χ4v) is 3.52. The minimum absolute atomic E-state index is 0.0378. The minimum Gasteiger partial charge on any atom is -0.480 e. The molecule has 3 amide bonds. The summed E-state index contributed by atoms with van der Waals surface area (Å²) in [5.74, 6) is -3.35. The highest BCUT2D eigenvalue weighted by Crippen LogP contribution is 2.19. The molecule has 2 aromatic rings. The Bertz CT molecular complexity index is 1020. The number of benzene rings is 1. The van der Waals surface area contributed by atoms with Gasteiger partial charge in [0.05, 0.1) is 12.6 Å². The van der Waals surface area contributed by atoms with Crippen LogP contribution in [0.3, 0.4) is 0 Å². The molecule has 0 aliphatic heterocycles. The van der Waals surface area contributed by atoms with E-state index < -0.39 is 54.5 Å². The van der Waals surface area contributed by atoms with Crippen molar-refractivity contribution in [3.05, 3.63) is 36.0 Å².